The third-order valence-corrected chi connectivity index (χ3v) is 4.30. The first-order valence-corrected chi connectivity index (χ1v) is 7.59. The van der Waals surface area contributed by atoms with Gasteiger partial charge in [0.15, 0.2) is 6.61 Å². The third-order valence-electron chi connectivity index (χ3n) is 4.30. The van der Waals surface area contributed by atoms with E-state index in [1.165, 1.54) is 0 Å². The third kappa shape index (κ3) is 3.06. The Bertz CT molecular complexity index is 558. The summed E-state index contributed by atoms with van der Waals surface area (Å²) in [5.41, 5.74) is 5.60. The van der Waals surface area contributed by atoms with Crippen molar-refractivity contribution in [1.82, 2.24) is 4.90 Å². The van der Waals surface area contributed by atoms with Crippen LogP contribution in [0, 0.1) is 0 Å². The number of hydrogen-bond acceptors (Lipinski definition) is 4. The molecule has 1 aromatic carbocycles. The van der Waals surface area contributed by atoms with Gasteiger partial charge in [-0.2, -0.15) is 0 Å². The average molecular weight is 304 g/mol. The zero-order valence-corrected chi connectivity index (χ0v) is 12.4. The molecule has 6 nitrogen and oxygen atoms in total. The molecule has 1 saturated heterocycles. The fourth-order valence-electron chi connectivity index (χ4n) is 3.18. The van der Waals surface area contributed by atoms with Gasteiger partial charge >= 0.3 is 0 Å². The normalized spacial score (nSPS) is 23.9. The van der Waals surface area contributed by atoms with Crippen LogP contribution in [0.3, 0.4) is 0 Å². The number of carbonyl (C=O) groups is 2. The molecule has 6 heteroatoms. The van der Waals surface area contributed by atoms with Crippen LogP contribution in [0.4, 0.5) is 0 Å². The number of nitrogens with zero attached hydrogens (tertiary/aromatic N) is 1. The van der Waals surface area contributed by atoms with Gasteiger partial charge in [-0.3, -0.25) is 9.59 Å². The summed E-state index contributed by atoms with van der Waals surface area (Å²) in [5.74, 6) is 0.0528. The molecule has 2 amide bonds. The fourth-order valence-corrected chi connectivity index (χ4v) is 3.18. The number of ether oxygens (including phenoxy) is 2. The van der Waals surface area contributed by atoms with Crippen molar-refractivity contribution in [1.29, 1.82) is 0 Å². The van der Waals surface area contributed by atoms with Crippen LogP contribution < -0.4 is 10.5 Å². The van der Waals surface area contributed by atoms with E-state index in [1.54, 1.807) is 24.3 Å². The lowest BCUT2D eigenvalue weighted by Gasteiger charge is -2.37. The standard InChI is InChI=1S/C16H20N2O4/c17-16(20)11-4-6-12(7-5-11)22-10-15(19)18-8-9-21-14-3-1-2-13(14)18/h4-7,13-14H,1-3,8-10H2,(H2,17,20)/t13-,14+/m0/s1. The molecular weight excluding hydrogens is 284 g/mol. The molecule has 2 atom stereocenters. The smallest absolute Gasteiger partial charge is 0.260 e. The average Bonchev–Trinajstić information content (AvgIpc) is 3.01. The summed E-state index contributed by atoms with van der Waals surface area (Å²) in [4.78, 5) is 25.2. The van der Waals surface area contributed by atoms with Crippen molar-refractivity contribution in [2.45, 2.75) is 31.4 Å². The minimum Gasteiger partial charge on any atom is -0.484 e. The molecule has 1 heterocycles. The van der Waals surface area contributed by atoms with Gasteiger partial charge in [-0.1, -0.05) is 0 Å². The Balaban J connectivity index is 1.56. The van der Waals surface area contributed by atoms with Gasteiger partial charge in [0, 0.05) is 12.1 Å². The first-order chi connectivity index (χ1) is 10.6. The van der Waals surface area contributed by atoms with E-state index in [1.807, 2.05) is 4.90 Å². The summed E-state index contributed by atoms with van der Waals surface area (Å²) in [6, 6.07) is 6.66. The molecule has 0 unspecified atom stereocenters. The summed E-state index contributed by atoms with van der Waals surface area (Å²) in [5, 5.41) is 0. The molecule has 3 rings (SSSR count). The zero-order valence-electron chi connectivity index (χ0n) is 12.4. The molecule has 2 fully saturated rings. The molecule has 1 saturated carbocycles. The summed E-state index contributed by atoms with van der Waals surface area (Å²) in [6.45, 7) is 1.23. The van der Waals surface area contributed by atoms with Gasteiger partial charge in [0.2, 0.25) is 5.91 Å². The first kappa shape index (κ1) is 14.8. The minimum atomic E-state index is -0.483. The Hall–Kier alpha value is -2.08. The number of morpholine rings is 1. The van der Waals surface area contributed by atoms with E-state index in [-0.39, 0.29) is 24.7 Å². The summed E-state index contributed by atoms with van der Waals surface area (Å²) in [7, 11) is 0. The van der Waals surface area contributed by atoms with Crippen molar-refractivity contribution in [3.05, 3.63) is 29.8 Å². The van der Waals surface area contributed by atoms with Gasteiger partial charge in [-0.25, -0.2) is 0 Å². The molecule has 1 aliphatic carbocycles. The Kier molecular flexibility index (Phi) is 4.29. The van der Waals surface area contributed by atoms with Crippen LogP contribution in [0.25, 0.3) is 0 Å². The maximum Gasteiger partial charge on any atom is 0.260 e. The Morgan fingerprint density at radius 1 is 1.27 bits per heavy atom. The second-order valence-corrected chi connectivity index (χ2v) is 5.67. The van der Waals surface area contributed by atoms with Gasteiger partial charge in [-0.05, 0) is 43.5 Å². The van der Waals surface area contributed by atoms with E-state index >= 15 is 0 Å². The fraction of sp³-hybridized carbons (Fsp3) is 0.500. The highest BCUT2D eigenvalue weighted by atomic mass is 16.5. The molecule has 118 valence electrons. The molecule has 1 aromatic rings. The number of benzene rings is 1. The maximum absolute atomic E-state index is 12.4. The number of hydrogen-bond donors (Lipinski definition) is 1. The van der Waals surface area contributed by atoms with Crippen LogP contribution in [0.15, 0.2) is 24.3 Å². The molecular formula is C16H20N2O4. The number of fused-ring (bicyclic) bond motifs is 1. The van der Waals surface area contributed by atoms with Crippen molar-refractivity contribution in [2.24, 2.45) is 5.73 Å². The van der Waals surface area contributed by atoms with Crippen LogP contribution in [0.5, 0.6) is 5.75 Å². The summed E-state index contributed by atoms with van der Waals surface area (Å²) in [6.07, 6.45) is 3.33. The van der Waals surface area contributed by atoms with Crippen molar-refractivity contribution >= 4 is 11.8 Å². The molecule has 0 bridgehead atoms. The molecule has 0 spiro atoms. The van der Waals surface area contributed by atoms with E-state index in [0.29, 0.717) is 24.5 Å². The predicted octanol–water partition coefficient (Wildman–Crippen LogP) is 0.944. The van der Waals surface area contributed by atoms with Crippen LogP contribution >= 0.6 is 0 Å². The second kappa shape index (κ2) is 6.36. The Labute approximate surface area is 129 Å². The molecule has 0 aromatic heterocycles. The van der Waals surface area contributed by atoms with Gasteiger partial charge < -0.3 is 20.1 Å². The Morgan fingerprint density at radius 2 is 2.05 bits per heavy atom. The lowest BCUT2D eigenvalue weighted by Crippen LogP contribution is -2.52. The quantitative estimate of drug-likeness (QED) is 0.897. The van der Waals surface area contributed by atoms with E-state index < -0.39 is 5.91 Å². The molecule has 1 aliphatic heterocycles. The van der Waals surface area contributed by atoms with Gasteiger partial charge in [0.25, 0.3) is 5.91 Å². The van der Waals surface area contributed by atoms with Gasteiger partial charge in [-0.15, -0.1) is 0 Å². The lowest BCUT2D eigenvalue weighted by atomic mass is 10.1. The Morgan fingerprint density at radius 3 is 2.77 bits per heavy atom. The second-order valence-electron chi connectivity index (χ2n) is 5.67. The summed E-state index contributed by atoms with van der Waals surface area (Å²) >= 11 is 0. The zero-order chi connectivity index (χ0) is 15.5. The monoisotopic (exact) mass is 304 g/mol. The number of primary amides is 1. The number of amides is 2. The van der Waals surface area contributed by atoms with Gasteiger partial charge in [0.1, 0.15) is 5.75 Å². The number of nitrogens with two attached hydrogens (primary N) is 1. The lowest BCUT2D eigenvalue weighted by molar-refractivity contribution is -0.146. The van der Waals surface area contributed by atoms with Crippen LogP contribution in [0.1, 0.15) is 29.6 Å². The molecule has 22 heavy (non-hydrogen) atoms. The van der Waals surface area contributed by atoms with Crippen molar-refractivity contribution in [2.75, 3.05) is 19.8 Å². The van der Waals surface area contributed by atoms with Crippen LogP contribution in [-0.4, -0.2) is 48.6 Å². The molecule has 0 radical (unpaired) electrons. The minimum absolute atomic E-state index is 0.000855. The molecule has 2 aliphatic rings. The van der Waals surface area contributed by atoms with E-state index in [4.69, 9.17) is 15.2 Å². The van der Waals surface area contributed by atoms with Crippen LogP contribution in [0.2, 0.25) is 0 Å². The van der Waals surface area contributed by atoms with E-state index in [9.17, 15) is 9.59 Å². The number of carbonyl (C=O) groups excluding carboxylic acids is 2. The summed E-state index contributed by atoms with van der Waals surface area (Å²) < 4.78 is 11.2. The van der Waals surface area contributed by atoms with Crippen LogP contribution in [-0.2, 0) is 9.53 Å². The highest BCUT2D eigenvalue weighted by molar-refractivity contribution is 5.92. The van der Waals surface area contributed by atoms with E-state index in [2.05, 4.69) is 0 Å². The largest absolute Gasteiger partial charge is 0.484 e. The topological polar surface area (TPSA) is 81.9 Å². The molecule has 2 N–H and O–H groups in total. The highest BCUT2D eigenvalue weighted by Gasteiger charge is 2.38. The van der Waals surface area contributed by atoms with Gasteiger partial charge in [0.05, 0.1) is 18.8 Å². The SMILES string of the molecule is NC(=O)c1ccc(OCC(=O)N2CCO[C@@H]3CCC[C@@H]32)cc1. The predicted molar refractivity (Wildman–Crippen MR) is 79.5 cm³/mol. The number of rotatable bonds is 4. The van der Waals surface area contributed by atoms with Crippen molar-refractivity contribution < 1.29 is 19.1 Å². The first-order valence-electron chi connectivity index (χ1n) is 7.59. The highest BCUT2D eigenvalue weighted by Crippen LogP contribution is 2.29. The maximum atomic E-state index is 12.4. The van der Waals surface area contributed by atoms with Crippen molar-refractivity contribution in [3.63, 3.8) is 0 Å². The van der Waals surface area contributed by atoms with Crippen molar-refractivity contribution in [3.8, 4) is 5.75 Å². The van der Waals surface area contributed by atoms with E-state index in [0.717, 1.165) is 19.3 Å².